The van der Waals surface area contributed by atoms with Crippen LogP contribution in [0, 0.1) is 6.92 Å². The van der Waals surface area contributed by atoms with Gasteiger partial charge >= 0.3 is 6.09 Å². The maximum Gasteiger partial charge on any atom is 0.408 e. The summed E-state index contributed by atoms with van der Waals surface area (Å²) in [7, 11) is 0. The summed E-state index contributed by atoms with van der Waals surface area (Å²) in [5.74, 6) is -0.390. The zero-order valence-corrected chi connectivity index (χ0v) is 15.4. The van der Waals surface area contributed by atoms with Crippen molar-refractivity contribution in [2.75, 3.05) is 6.54 Å². The Kier molecular flexibility index (Phi) is 5.24. The van der Waals surface area contributed by atoms with Crippen LogP contribution in [0.1, 0.15) is 30.6 Å². The van der Waals surface area contributed by atoms with Gasteiger partial charge in [-0.2, -0.15) is 0 Å². The molecule has 1 aromatic carbocycles. The third-order valence-electron chi connectivity index (χ3n) is 4.60. The Labute approximate surface area is 155 Å². The van der Waals surface area contributed by atoms with Crippen LogP contribution in [0.3, 0.4) is 0 Å². The molecule has 2 aromatic rings. The van der Waals surface area contributed by atoms with Crippen LogP contribution in [0.25, 0.3) is 10.4 Å². The monoisotopic (exact) mass is 375 g/mol. The van der Waals surface area contributed by atoms with E-state index in [1.807, 2.05) is 43.6 Å². The molecule has 1 fully saturated rings. The number of aliphatic hydroxyl groups excluding tert-OH is 1. The summed E-state index contributed by atoms with van der Waals surface area (Å²) in [6.45, 7) is 3.78. The lowest BCUT2D eigenvalue weighted by Gasteiger charge is -2.23. The van der Waals surface area contributed by atoms with Crippen LogP contribution in [-0.2, 0) is 4.79 Å². The van der Waals surface area contributed by atoms with Gasteiger partial charge in [0.2, 0.25) is 5.91 Å². The first-order valence-corrected chi connectivity index (χ1v) is 9.23. The zero-order valence-electron chi connectivity index (χ0n) is 14.5. The topological polar surface area (TPSA) is 103 Å². The highest BCUT2D eigenvalue weighted by Crippen LogP contribution is 2.28. The number of carbonyl (C=O) groups excluding carboxylic acids is 1. The summed E-state index contributed by atoms with van der Waals surface area (Å²) in [6, 6.07) is 6.73. The number of carbonyl (C=O) groups is 2. The van der Waals surface area contributed by atoms with Crippen LogP contribution in [0.15, 0.2) is 29.8 Å². The van der Waals surface area contributed by atoms with Gasteiger partial charge in [-0.3, -0.25) is 9.69 Å². The summed E-state index contributed by atoms with van der Waals surface area (Å²) in [5.41, 5.74) is 4.79. The molecule has 1 aliphatic rings. The molecule has 2 amide bonds. The number of benzene rings is 1. The Hall–Kier alpha value is -2.45. The summed E-state index contributed by atoms with van der Waals surface area (Å²) in [4.78, 5) is 30.0. The van der Waals surface area contributed by atoms with Crippen LogP contribution >= 0.6 is 11.3 Å². The maximum absolute atomic E-state index is 12.5. The third kappa shape index (κ3) is 3.71. The Morgan fingerprint density at radius 3 is 2.62 bits per heavy atom. The van der Waals surface area contributed by atoms with Gasteiger partial charge in [0.1, 0.15) is 6.04 Å². The Morgan fingerprint density at radius 1 is 1.35 bits per heavy atom. The number of nitrogens with zero attached hydrogens (tertiary/aromatic N) is 2. The van der Waals surface area contributed by atoms with Gasteiger partial charge in [-0.25, -0.2) is 9.78 Å². The van der Waals surface area contributed by atoms with Crippen molar-refractivity contribution in [2.24, 2.45) is 0 Å². The molecule has 1 saturated heterocycles. The smallest absolute Gasteiger partial charge is 0.408 e. The summed E-state index contributed by atoms with van der Waals surface area (Å²) in [5, 5.41) is 21.7. The second-order valence-electron chi connectivity index (χ2n) is 6.46. The SMILES string of the molecule is Cc1ncsc1-c1ccc(C(C)NC(=O)[C@H]2C[C@H](O)CN2C(=O)O)cc1. The number of carboxylic acid groups (broad SMARTS) is 1. The fraction of sp³-hybridized carbons (Fsp3) is 0.389. The van der Waals surface area contributed by atoms with Crippen molar-refractivity contribution < 1.29 is 19.8 Å². The van der Waals surface area contributed by atoms with Crippen molar-refractivity contribution in [3.05, 3.63) is 41.0 Å². The number of thiazole rings is 1. The van der Waals surface area contributed by atoms with E-state index in [-0.39, 0.29) is 24.9 Å². The number of aryl methyl sites for hydroxylation is 1. The molecule has 3 N–H and O–H groups in total. The number of likely N-dealkylation sites (tertiary alicyclic amines) is 1. The van der Waals surface area contributed by atoms with E-state index in [2.05, 4.69) is 10.3 Å². The molecule has 7 nitrogen and oxygen atoms in total. The minimum absolute atomic E-state index is 0.0370. The first-order valence-electron chi connectivity index (χ1n) is 8.35. The van der Waals surface area contributed by atoms with Crippen LogP contribution in [0.2, 0.25) is 0 Å². The van der Waals surface area contributed by atoms with E-state index in [1.165, 1.54) is 0 Å². The van der Waals surface area contributed by atoms with Crippen LogP contribution in [0.5, 0.6) is 0 Å². The molecule has 1 unspecified atom stereocenters. The molecule has 3 atom stereocenters. The molecule has 0 radical (unpaired) electrons. The van der Waals surface area contributed by atoms with E-state index < -0.39 is 18.2 Å². The number of rotatable bonds is 4. The summed E-state index contributed by atoms with van der Waals surface area (Å²) >= 11 is 1.58. The van der Waals surface area contributed by atoms with E-state index in [9.17, 15) is 19.8 Å². The lowest BCUT2D eigenvalue weighted by atomic mass is 10.0. The average molecular weight is 375 g/mol. The van der Waals surface area contributed by atoms with E-state index in [4.69, 9.17) is 0 Å². The Balaban J connectivity index is 1.68. The highest BCUT2D eigenvalue weighted by molar-refractivity contribution is 7.13. The van der Waals surface area contributed by atoms with Crippen molar-refractivity contribution >= 4 is 23.3 Å². The predicted molar refractivity (Wildman–Crippen MR) is 98.0 cm³/mol. The number of aliphatic hydroxyl groups is 1. The highest BCUT2D eigenvalue weighted by atomic mass is 32.1. The van der Waals surface area contributed by atoms with Gasteiger partial charge in [0.15, 0.2) is 0 Å². The summed E-state index contributed by atoms with van der Waals surface area (Å²) in [6.07, 6.45) is -1.88. The molecule has 1 aliphatic heterocycles. The molecule has 3 rings (SSSR count). The van der Waals surface area contributed by atoms with Crippen molar-refractivity contribution in [1.82, 2.24) is 15.2 Å². The molecule has 0 saturated carbocycles. The van der Waals surface area contributed by atoms with Crippen molar-refractivity contribution in [2.45, 2.75) is 38.5 Å². The fourth-order valence-electron chi connectivity index (χ4n) is 3.17. The molecule has 138 valence electrons. The fourth-order valence-corrected chi connectivity index (χ4v) is 3.98. The number of hydrogen-bond acceptors (Lipinski definition) is 5. The Morgan fingerprint density at radius 2 is 2.04 bits per heavy atom. The maximum atomic E-state index is 12.5. The lowest BCUT2D eigenvalue weighted by molar-refractivity contribution is -0.125. The lowest BCUT2D eigenvalue weighted by Crippen LogP contribution is -2.46. The van der Waals surface area contributed by atoms with Gasteiger partial charge in [-0.15, -0.1) is 11.3 Å². The van der Waals surface area contributed by atoms with Crippen molar-refractivity contribution in [1.29, 1.82) is 0 Å². The van der Waals surface area contributed by atoms with Crippen molar-refractivity contribution in [3.8, 4) is 10.4 Å². The van der Waals surface area contributed by atoms with Crippen LogP contribution in [0.4, 0.5) is 4.79 Å². The van der Waals surface area contributed by atoms with Gasteiger partial charge in [-0.1, -0.05) is 24.3 Å². The normalized spacial score (nSPS) is 20.8. The van der Waals surface area contributed by atoms with Gasteiger partial charge in [0.05, 0.1) is 34.8 Å². The third-order valence-corrected chi connectivity index (χ3v) is 5.58. The van der Waals surface area contributed by atoms with E-state index in [0.717, 1.165) is 26.6 Å². The molecule has 26 heavy (non-hydrogen) atoms. The van der Waals surface area contributed by atoms with Gasteiger partial charge in [-0.05, 0) is 25.0 Å². The first-order chi connectivity index (χ1) is 12.4. The molecule has 8 heteroatoms. The number of β-amino-alcohol motifs (C(OH)–C–C–N with tert-alkyl or cyclic N) is 1. The number of hydrogen-bond donors (Lipinski definition) is 3. The number of aromatic nitrogens is 1. The molecule has 2 heterocycles. The zero-order chi connectivity index (χ0) is 18.8. The minimum atomic E-state index is -1.20. The largest absolute Gasteiger partial charge is 0.465 e. The number of amides is 2. The van der Waals surface area contributed by atoms with Crippen LogP contribution < -0.4 is 5.32 Å². The quantitative estimate of drug-likeness (QED) is 0.761. The summed E-state index contributed by atoms with van der Waals surface area (Å²) < 4.78 is 0. The highest BCUT2D eigenvalue weighted by Gasteiger charge is 2.39. The average Bonchev–Trinajstić information content (AvgIpc) is 3.20. The molecule has 1 aromatic heterocycles. The molecular formula is C18H21N3O4S. The van der Waals surface area contributed by atoms with E-state index in [0.29, 0.717) is 0 Å². The second-order valence-corrected chi connectivity index (χ2v) is 7.31. The van der Waals surface area contributed by atoms with Gasteiger partial charge < -0.3 is 15.5 Å². The predicted octanol–water partition coefficient (Wildman–Crippen LogP) is 2.41. The van der Waals surface area contributed by atoms with E-state index >= 15 is 0 Å². The van der Waals surface area contributed by atoms with Gasteiger partial charge in [0, 0.05) is 6.42 Å². The second kappa shape index (κ2) is 7.43. The van der Waals surface area contributed by atoms with Crippen molar-refractivity contribution in [3.63, 3.8) is 0 Å². The molecule has 0 spiro atoms. The first kappa shape index (κ1) is 18.3. The van der Waals surface area contributed by atoms with Gasteiger partial charge in [0.25, 0.3) is 0 Å². The standard InChI is InChI=1S/C18H21N3O4S/c1-10(20-17(23)15-7-14(22)8-21(15)18(24)25)12-3-5-13(6-4-12)16-11(2)19-9-26-16/h3-6,9-10,14-15,22H,7-8H2,1-2H3,(H,20,23)(H,24,25)/t10?,14-,15+/m0/s1. The molecule has 0 bridgehead atoms. The number of nitrogens with one attached hydrogen (secondary N) is 1. The molecule has 0 aliphatic carbocycles. The van der Waals surface area contributed by atoms with Crippen LogP contribution in [-0.4, -0.2) is 50.8 Å². The minimum Gasteiger partial charge on any atom is -0.465 e. The van der Waals surface area contributed by atoms with E-state index in [1.54, 1.807) is 11.3 Å². The molecular weight excluding hydrogens is 354 g/mol. The Bertz CT molecular complexity index is 805.